The molecule has 2 aromatic rings. The molecule has 4 rings (SSSR count). The molecule has 0 amide bonds. The van der Waals surface area contributed by atoms with Gasteiger partial charge in [0, 0.05) is 43.0 Å². The number of benzene rings is 2. The molecule has 0 fully saturated rings. The van der Waals surface area contributed by atoms with E-state index in [2.05, 4.69) is 49.8 Å². The molecule has 5 nitrogen and oxygen atoms in total. The van der Waals surface area contributed by atoms with Crippen molar-refractivity contribution in [3.63, 3.8) is 0 Å². The average Bonchev–Trinajstić information content (AvgIpc) is 2.82. The predicted octanol–water partition coefficient (Wildman–Crippen LogP) is 4.98. The van der Waals surface area contributed by atoms with Gasteiger partial charge < -0.3 is 9.80 Å². The van der Waals surface area contributed by atoms with Crippen LogP contribution < -0.4 is 9.21 Å². The van der Waals surface area contributed by atoms with E-state index in [1.54, 1.807) is 40.3 Å². The number of nitrogens with zero attached hydrogens (tertiary/aromatic N) is 3. The van der Waals surface area contributed by atoms with Gasteiger partial charge in [-0.05, 0) is 63.3 Å². The standard InChI is InChI=1S/C25H31N3O2S2/c1-5-26(4)19-13-15-22-24(17-19)31-25-18-20(27(6-2)7-3)14-16-23(25)28(22)32(29,30)21-11-9-8-10-12-21/h8-18,22,24H,5-7H2,1-4H3. The summed E-state index contributed by atoms with van der Waals surface area (Å²) in [6.45, 7) is 9.11. The molecule has 0 N–H and O–H groups in total. The van der Waals surface area contributed by atoms with Crippen LogP contribution in [0.25, 0.3) is 0 Å². The smallest absolute Gasteiger partial charge is 0.264 e. The Kier molecular flexibility index (Phi) is 6.58. The Balaban J connectivity index is 1.85. The summed E-state index contributed by atoms with van der Waals surface area (Å²) in [6, 6.07) is 14.6. The molecule has 7 heteroatoms. The second-order valence-electron chi connectivity index (χ2n) is 7.98. The van der Waals surface area contributed by atoms with Gasteiger partial charge >= 0.3 is 0 Å². The largest absolute Gasteiger partial charge is 0.375 e. The van der Waals surface area contributed by atoms with Crippen molar-refractivity contribution in [2.24, 2.45) is 0 Å². The molecule has 2 aliphatic rings. The van der Waals surface area contributed by atoms with E-state index >= 15 is 0 Å². The molecule has 2 aromatic carbocycles. The van der Waals surface area contributed by atoms with E-state index in [1.165, 1.54) is 0 Å². The zero-order chi connectivity index (χ0) is 22.9. The van der Waals surface area contributed by atoms with E-state index < -0.39 is 10.0 Å². The maximum Gasteiger partial charge on any atom is 0.264 e. The lowest BCUT2D eigenvalue weighted by molar-refractivity contribution is 0.450. The molecule has 0 saturated carbocycles. The fraction of sp³-hybridized carbons (Fsp3) is 0.360. The number of fused-ring (bicyclic) bond motifs is 2. The minimum absolute atomic E-state index is 0.00180. The molecular formula is C25H31N3O2S2. The molecule has 0 bridgehead atoms. The minimum Gasteiger partial charge on any atom is -0.375 e. The third kappa shape index (κ3) is 4.04. The molecule has 1 heterocycles. The van der Waals surface area contributed by atoms with Gasteiger partial charge in [-0.25, -0.2) is 8.42 Å². The van der Waals surface area contributed by atoms with Crippen molar-refractivity contribution in [1.29, 1.82) is 0 Å². The first-order valence-electron chi connectivity index (χ1n) is 11.2. The first kappa shape index (κ1) is 22.8. The van der Waals surface area contributed by atoms with Crippen LogP contribution in [0.2, 0.25) is 0 Å². The lowest BCUT2D eigenvalue weighted by atomic mass is 10.0. The lowest BCUT2D eigenvalue weighted by Gasteiger charge is -2.42. The number of allylic oxidation sites excluding steroid dienone is 1. The highest BCUT2D eigenvalue weighted by molar-refractivity contribution is 8.00. The van der Waals surface area contributed by atoms with Crippen LogP contribution in [-0.2, 0) is 10.0 Å². The molecule has 0 radical (unpaired) electrons. The number of anilines is 2. The van der Waals surface area contributed by atoms with Crippen molar-refractivity contribution in [1.82, 2.24) is 4.90 Å². The zero-order valence-electron chi connectivity index (χ0n) is 19.1. The van der Waals surface area contributed by atoms with Gasteiger partial charge in [0.25, 0.3) is 10.0 Å². The second kappa shape index (κ2) is 9.24. The molecule has 0 saturated heterocycles. The number of likely N-dealkylation sites (N-methyl/N-ethyl adjacent to an activating group) is 1. The first-order valence-corrected chi connectivity index (χ1v) is 13.5. The summed E-state index contributed by atoms with van der Waals surface area (Å²) in [7, 11) is -1.66. The van der Waals surface area contributed by atoms with Gasteiger partial charge in [-0.3, -0.25) is 4.31 Å². The monoisotopic (exact) mass is 469 g/mol. The summed E-state index contributed by atoms with van der Waals surface area (Å²) < 4.78 is 29.3. The summed E-state index contributed by atoms with van der Waals surface area (Å²) in [5.41, 5.74) is 3.00. The molecule has 2 unspecified atom stereocenters. The maximum absolute atomic E-state index is 13.8. The minimum atomic E-state index is -3.72. The normalized spacial score (nSPS) is 19.8. The van der Waals surface area contributed by atoms with E-state index in [4.69, 9.17) is 0 Å². The second-order valence-corrected chi connectivity index (χ2v) is 11.0. The van der Waals surface area contributed by atoms with Crippen LogP contribution in [0.15, 0.2) is 82.2 Å². The van der Waals surface area contributed by atoms with E-state index in [-0.39, 0.29) is 11.3 Å². The van der Waals surface area contributed by atoms with Gasteiger partial charge in [0.15, 0.2) is 0 Å². The van der Waals surface area contributed by atoms with Crippen LogP contribution in [0, 0.1) is 0 Å². The topological polar surface area (TPSA) is 43.9 Å². The molecule has 2 atom stereocenters. The Hall–Kier alpha value is -2.38. The SMILES string of the molecule is CCN(C)C1=CC2Sc3cc(N(CC)CC)ccc3N(S(=O)(=O)c3ccccc3)C2C=C1. The number of thioether (sulfide) groups is 1. The number of rotatable bonds is 7. The number of sulfonamides is 1. The average molecular weight is 470 g/mol. The Bertz CT molecular complexity index is 1130. The fourth-order valence-electron chi connectivity index (χ4n) is 4.25. The Labute approximate surface area is 196 Å². The number of hydrogen-bond acceptors (Lipinski definition) is 5. The highest BCUT2D eigenvalue weighted by atomic mass is 32.2. The molecule has 32 heavy (non-hydrogen) atoms. The van der Waals surface area contributed by atoms with E-state index in [9.17, 15) is 8.42 Å². The first-order chi connectivity index (χ1) is 15.4. The molecule has 1 aliphatic heterocycles. The van der Waals surface area contributed by atoms with Crippen LogP contribution in [0.1, 0.15) is 20.8 Å². The van der Waals surface area contributed by atoms with E-state index in [1.807, 2.05) is 30.4 Å². The van der Waals surface area contributed by atoms with Gasteiger partial charge in [-0.2, -0.15) is 0 Å². The maximum atomic E-state index is 13.8. The van der Waals surface area contributed by atoms with Crippen LogP contribution in [0.3, 0.4) is 0 Å². The predicted molar refractivity (Wildman–Crippen MR) is 135 cm³/mol. The van der Waals surface area contributed by atoms with Crippen LogP contribution in [0.5, 0.6) is 0 Å². The Morgan fingerprint density at radius 2 is 1.72 bits per heavy atom. The highest BCUT2D eigenvalue weighted by Gasteiger charge is 2.41. The summed E-state index contributed by atoms with van der Waals surface area (Å²) in [4.78, 5) is 5.79. The summed E-state index contributed by atoms with van der Waals surface area (Å²) in [5.74, 6) is 0. The summed E-state index contributed by atoms with van der Waals surface area (Å²) in [5, 5.41) is 0.00180. The third-order valence-corrected chi connectivity index (χ3v) is 9.29. The van der Waals surface area contributed by atoms with Crippen LogP contribution in [0.4, 0.5) is 11.4 Å². The van der Waals surface area contributed by atoms with E-state index in [0.717, 1.165) is 41.6 Å². The summed E-state index contributed by atoms with van der Waals surface area (Å²) in [6.07, 6.45) is 6.30. The fourth-order valence-corrected chi connectivity index (χ4v) is 7.38. The Morgan fingerprint density at radius 3 is 2.38 bits per heavy atom. The van der Waals surface area contributed by atoms with Crippen LogP contribution >= 0.6 is 11.8 Å². The molecule has 0 spiro atoms. The van der Waals surface area contributed by atoms with Crippen molar-refractivity contribution in [2.75, 3.05) is 35.9 Å². The van der Waals surface area contributed by atoms with Gasteiger partial charge in [-0.15, -0.1) is 11.8 Å². The Morgan fingerprint density at radius 1 is 1.00 bits per heavy atom. The van der Waals surface area contributed by atoms with Crippen molar-refractivity contribution in [2.45, 2.75) is 41.9 Å². The zero-order valence-corrected chi connectivity index (χ0v) is 20.7. The lowest BCUT2D eigenvalue weighted by Crippen LogP contribution is -2.48. The van der Waals surface area contributed by atoms with Gasteiger partial charge in [-0.1, -0.05) is 24.3 Å². The summed E-state index contributed by atoms with van der Waals surface area (Å²) >= 11 is 1.75. The molecule has 170 valence electrons. The molecular weight excluding hydrogens is 438 g/mol. The van der Waals surface area contributed by atoms with Crippen LogP contribution in [-0.4, -0.2) is 51.3 Å². The van der Waals surface area contributed by atoms with Crippen molar-refractivity contribution in [3.05, 3.63) is 72.5 Å². The molecule has 1 aliphatic carbocycles. The van der Waals surface area contributed by atoms with Crippen molar-refractivity contribution < 1.29 is 8.42 Å². The van der Waals surface area contributed by atoms with E-state index in [0.29, 0.717) is 4.90 Å². The van der Waals surface area contributed by atoms with Crippen molar-refractivity contribution in [3.8, 4) is 0 Å². The van der Waals surface area contributed by atoms with Gasteiger partial charge in [0.05, 0.1) is 21.9 Å². The van der Waals surface area contributed by atoms with Crippen molar-refractivity contribution >= 4 is 33.2 Å². The highest BCUT2D eigenvalue weighted by Crippen LogP contribution is 2.47. The third-order valence-electron chi connectivity index (χ3n) is 6.19. The quantitative estimate of drug-likeness (QED) is 0.572. The van der Waals surface area contributed by atoms with Gasteiger partial charge in [0.1, 0.15) is 0 Å². The number of hydrogen-bond donors (Lipinski definition) is 0. The molecule has 0 aromatic heterocycles. The van der Waals surface area contributed by atoms with Gasteiger partial charge in [0.2, 0.25) is 0 Å².